The minimum Gasteiger partial charge on any atom is -0.464 e. The smallest absolute Gasteiger partial charge is 0.228 e. The molecule has 0 unspecified atom stereocenters. The average molecular weight is 357 g/mol. The molecule has 1 N–H and O–H groups in total. The van der Waals surface area contributed by atoms with Crippen LogP contribution in [0.3, 0.4) is 0 Å². The van der Waals surface area contributed by atoms with Crippen molar-refractivity contribution in [1.82, 2.24) is 0 Å². The molecule has 1 aromatic heterocycles. The van der Waals surface area contributed by atoms with E-state index in [2.05, 4.69) is 5.32 Å². The van der Waals surface area contributed by atoms with Gasteiger partial charge in [-0.25, -0.2) is 8.42 Å². The summed E-state index contributed by atoms with van der Waals surface area (Å²) in [5.74, 6) is -0.230. The number of carbonyl (C=O) groups is 1. The maximum absolute atomic E-state index is 12.3. The van der Waals surface area contributed by atoms with Gasteiger partial charge in [0.25, 0.3) is 0 Å². The molecule has 1 amide bonds. The van der Waals surface area contributed by atoms with Crippen LogP contribution >= 0.6 is 0 Å². The van der Waals surface area contributed by atoms with E-state index < -0.39 is 9.84 Å². The molecule has 0 radical (unpaired) electrons. The summed E-state index contributed by atoms with van der Waals surface area (Å²) in [5.41, 5.74) is 4.24. The fourth-order valence-electron chi connectivity index (χ4n) is 2.71. The number of hydrogen-bond acceptors (Lipinski definition) is 4. The molecule has 0 aliphatic heterocycles. The lowest BCUT2D eigenvalue weighted by Crippen LogP contribution is -2.14. The van der Waals surface area contributed by atoms with Gasteiger partial charge in [0.1, 0.15) is 5.58 Å². The monoisotopic (exact) mass is 357 g/mol. The van der Waals surface area contributed by atoms with E-state index in [1.54, 1.807) is 18.4 Å². The zero-order valence-corrected chi connectivity index (χ0v) is 15.1. The Kier molecular flexibility index (Phi) is 4.39. The highest BCUT2D eigenvalue weighted by Gasteiger charge is 2.14. The van der Waals surface area contributed by atoms with Gasteiger partial charge in [0.15, 0.2) is 9.84 Å². The number of rotatable bonds is 4. The molecule has 1 heterocycles. The second-order valence-corrected chi connectivity index (χ2v) is 8.19. The van der Waals surface area contributed by atoms with Crippen LogP contribution < -0.4 is 5.32 Å². The van der Waals surface area contributed by atoms with Gasteiger partial charge in [-0.3, -0.25) is 4.79 Å². The van der Waals surface area contributed by atoms with E-state index in [0.717, 1.165) is 33.9 Å². The molecule has 0 fully saturated rings. The number of carbonyl (C=O) groups excluding carboxylic acids is 1. The number of hydrogen-bond donors (Lipinski definition) is 1. The molecule has 0 aliphatic rings. The highest BCUT2D eigenvalue weighted by atomic mass is 32.2. The molecule has 3 rings (SSSR count). The van der Waals surface area contributed by atoms with Crippen LogP contribution in [-0.2, 0) is 21.1 Å². The van der Waals surface area contributed by atoms with Gasteiger partial charge in [-0.2, -0.15) is 0 Å². The molecule has 130 valence electrons. The Morgan fingerprint density at radius 2 is 1.92 bits per heavy atom. The molecule has 0 saturated carbocycles. The van der Waals surface area contributed by atoms with E-state index in [1.165, 1.54) is 12.1 Å². The third-order valence-electron chi connectivity index (χ3n) is 4.24. The van der Waals surface area contributed by atoms with Gasteiger partial charge >= 0.3 is 0 Å². The zero-order valence-electron chi connectivity index (χ0n) is 14.3. The van der Waals surface area contributed by atoms with Crippen molar-refractivity contribution in [2.45, 2.75) is 25.2 Å². The highest BCUT2D eigenvalue weighted by molar-refractivity contribution is 7.90. The van der Waals surface area contributed by atoms with E-state index in [0.29, 0.717) is 5.69 Å². The Labute approximate surface area is 146 Å². The summed E-state index contributed by atoms with van der Waals surface area (Å²) in [5, 5.41) is 3.66. The van der Waals surface area contributed by atoms with Gasteiger partial charge in [0.05, 0.1) is 17.6 Å². The highest BCUT2D eigenvalue weighted by Crippen LogP contribution is 2.27. The van der Waals surface area contributed by atoms with E-state index in [9.17, 15) is 13.2 Å². The number of furan rings is 1. The van der Waals surface area contributed by atoms with Crippen molar-refractivity contribution in [3.05, 3.63) is 59.4 Å². The Balaban J connectivity index is 1.81. The minimum atomic E-state index is -3.32. The molecule has 0 aliphatic carbocycles. The second kappa shape index (κ2) is 6.37. The molecule has 2 aromatic carbocycles. The minimum absolute atomic E-state index is 0.151. The first-order valence-electron chi connectivity index (χ1n) is 7.82. The molecular formula is C19H19NO4S. The molecular weight excluding hydrogens is 338 g/mol. The van der Waals surface area contributed by atoms with Gasteiger partial charge in [-0.15, -0.1) is 0 Å². The maximum Gasteiger partial charge on any atom is 0.228 e. The van der Waals surface area contributed by atoms with Crippen LogP contribution in [0.25, 0.3) is 11.0 Å². The topological polar surface area (TPSA) is 76.4 Å². The number of benzene rings is 2. The molecule has 0 spiro atoms. The van der Waals surface area contributed by atoms with Crippen molar-refractivity contribution in [1.29, 1.82) is 0 Å². The van der Waals surface area contributed by atoms with E-state index in [4.69, 9.17) is 4.42 Å². The first-order chi connectivity index (χ1) is 11.8. The first-order valence-corrected chi connectivity index (χ1v) is 9.71. The third kappa shape index (κ3) is 3.58. The van der Waals surface area contributed by atoms with Crippen LogP contribution in [0.1, 0.15) is 16.7 Å². The van der Waals surface area contributed by atoms with Crippen LogP contribution in [0.2, 0.25) is 0 Å². The lowest BCUT2D eigenvalue weighted by Gasteiger charge is -2.06. The Morgan fingerprint density at radius 3 is 2.64 bits per heavy atom. The van der Waals surface area contributed by atoms with Crippen molar-refractivity contribution in [3.8, 4) is 0 Å². The number of aryl methyl sites for hydroxylation is 2. The molecule has 3 aromatic rings. The molecule has 6 heteroatoms. The first kappa shape index (κ1) is 17.2. The fourth-order valence-corrected chi connectivity index (χ4v) is 3.37. The van der Waals surface area contributed by atoms with Crippen LogP contribution in [0.4, 0.5) is 5.69 Å². The van der Waals surface area contributed by atoms with Gasteiger partial charge in [0, 0.05) is 22.9 Å². The standard InChI is InChI=1S/C19H19NO4S/c1-12-7-8-17-14(11-24-19(17)13(12)2)9-18(21)20-15-5-4-6-16(10-15)25(3,22)23/h4-8,10-11H,9H2,1-3H3,(H,20,21). The summed E-state index contributed by atoms with van der Waals surface area (Å²) < 4.78 is 28.8. The van der Waals surface area contributed by atoms with Gasteiger partial charge in [-0.05, 0) is 43.2 Å². The fraction of sp³-hybridized carbons (Fsp3) is 0.211. The van der Waals surface area contributed by atoms with Gasteiger partial charge < -0.3 is 9.73 Å². The molecule has 0 atom stereocenters. The summed E-state index contributed by atoms with van der Waals surface area (Å²) >= 11 is 0. The average Bonchev–Trinajstić information content (AvgIpc) is 2.94. The molecule has 0 saturated heterocycles. The summed E-state index contributed by atoms with van der Waals surface area (Å²) in [6, 6.07) is 10.2. The number of anilines is 1. The van der Waals surface area contributed by atoms with Crippen LogP contribution in [0.5, 0.6) is 0 Å². The number of sulfone groups is 1. The Bertz CT molecular complexity index is 1060. The predicted octanol–water partition coefficient (Wildman–Crippen LogP) is 3.63. The van der Waals surface area contributed by atoms with Crippen molar-refractivity contribution in [2.24, 2.45) is 0 Å². The Morgan fingerprint density at radius 1 is 1.16 bits per heavy atom. The molecule has 5 nitrogen and oxygen atoms in total. The van der Waals surface area contributed by atoms with Gasteiger partial charge in [0.2, 0.25) is 5.91 Å². The largest absolute Gasteiger partial charge is 0.464 e. The van der Waals surface area contributed by atoms with Gasteiger partial charge in [-0.1, -0.05) is 18.2 Å². The quantitative estimate of drug-likeness (QED) is 0.773. The van der Waals surface area contributed by atoms with E-state index >= 15 is 0 Å². The molecule has 25 heavy (non-hydrogen) atoms. The number of amides is 1. The van der Waals surface area contributed by atoms with Crippen LogP contribution in [-0.4, -0.2) is 20.6 Å². The maximum atomic E-state index is 12.3. The van der Waals surface area contributed by atoms with Crippen LogP contribution in [0, 0.1) is 13.8 Å². The summed E-state index contributed by atoms with van der Waals surface area (Å²) in [6.45, 7) is 4.00. The molecule has 0 bridgehead atoms. The number of fused-ring (bicyclic) bond motifs is 1. The summed E-state index contributed by atoms with van der Waals surface area (Å²) in [6.07, 6.45) is 2.89. The zero-order chi connectivity index (χ0) is 18.2. The van der Waals surface area contributed by atoms with Crippen molar-refractivity contribution in [2.75, 3.05) is 11.6 Å². The number of nitrogens with one attached hydrogen (secondary N) is 1. The normalized spacial score (nSPS) is 11.6. The van der Waals surface area contributed by atoms with E-state index in [-0.39, 0.29) is 17.2 Å². The third-order valence-corrected chi connectivity index (χ3v) is 5.35. The second-order valence-electron chi connectivity index (χ2n) is 6.17. The van der Waals surface area contributed by atoms with E-state index in [1.807, 2.05) is 26.0 Å². The van der Waals surface area contributed by atoms with Crippen molar-refractivity contribution >= 4 is 32.4 Å². The van der Waals surface area contributed by atoms with Crippen molar-refractivity contribution < 1.29 is 17.6 Å². The lowest BCUT2D eigenvalue weighted by atomic mass is 10.0. The summed E-state index contributed by atoms with van der Waals surface area (Å²) in [7, 11) is -3.32. The SMILES string of the molecule is Cc1ccc2c(CC(=O)Nc3cccc(S(C)(=O)=O)c3)coc2c1C. The summed E-state index contributed by atoms with van der Waals surface area (Å²) in [4.78, 5) is 12.5. The lowest BCUT2D eigenvalue weighted by molar-refractivity contribution is -0.115. The predicted molar refractivity (Wildman–Crippen MR) is 97.6 cm³/mol. The van der Waals surface area contributed by atoms with Crippen LogP contribution in [0.15, 0.2) is 52.0 Å². The Hall–Kier alpha value is -2.60. The van der Waals surface area contributed by atoms with Crippen molar-refractivity contribution in [3.63, 3.8) is 0 Å².